The minimum absolute atomic E-state index is 0.0298. The maximum absolute atomic E-state index is 13.3. The molecule has 34 heavy (non-hydrogen) atoms. The number of ether oxygens (including phenoxy) is 3. The molecule has 2 aliphatic heterocycles. The minimum Gasteiger partial charge on any atom is -0.507 e. The molecule has 2 aromatic carbocycles. The van der Waals surface area contributed by atoms with Crippen LogP contribution in [0.25, 0.3) is 5.76 Å². The number of aliphatic hydroxyl groups excluding tert-OH is 1. The van der Waals surface area contributed by atoms with Crippen molar-refractivity contribution in [1.82, 2.24) is 9.80 Å². The predicted octanol–water partition coefficient (Wildman–Crippen LogP) is 3.01. The lowest BCUT2D eigenvalue weighted by molar-refractivity contribution is -0.140. The Morgan fingerprint density at radius 1 is 1.18 bits per heavy atom. The third-order valence-corrected chi connectivity index (χ3v) is 6.23. The van der Waals surface area contributed by atoms with Crippen LogP contribution in [-0.4, -0.2) is 74.1 Å². The van der Waals surface area contributed by atoms with Crippen molar-refractivity contribution in [3.05, 3.63) is 58.7 Å². The molecule has 8 heteroatoms. The molecular formula is C26H30N2O6. The van der Waals surface area contributed by atoms with E-state index in [1.165, 1.54) is 19.1 Å². The zero-order valence-corrected chi connectivity index (χ0v) is 20.1. The van der Waals surface area contributed by atoms with Crippen molar-refractivity contribution in [2.75, 3.05) is 41.4 Å². The van der Waals surface area contributed by atoms with Crippen LogP contribution in [0.4, 0.5) is 0 Å². The Bertz CT molecular complexity index is 1160. The molecule has 0 saturated carbocycles. The number of fused-ring (bicyclic) bond motifs is 1. The highest BCUT2D eigenvalue weighted by Crippen LogP contribution is 2.45. The van der Waals surface area contributed by atoms with Gasteiger partial charge in [-0.25, -0.2) is 0 Å². The van der Waals surface area contributed by atoms with Gasteiger partial charge in [-0.3, -0.25) is 9.59 Å². The van der Waals surface area contributed by atoms with Crippen LogP contribution in [0.5, 0.6) is 17.2 Å². The lowest BCUT2D eigenvalue weighted by atomic mass is 9.93. The lowest BCUT2D eigenvalue weighted by Crippen LogP contribution is -2.35. The number of amides is 1. The Morgan fingerprint density at radius 2 is 1.94 bits per heavy atom. The van der Waals surface area contributed by atoms with Gasteiger partial charge in [-0.15, -0.1) is 0 Å². The van der Waals surface area contributed by atoms with Gasteiger partial charge in [-0.1, -0.05) is 12.1 Å². The molecule has 2 aromatic rings. The number of methoxy groups -OCH3 is 2. The number of aliphatic hydroxyl groups is 1. The molecule has 0 radical (unpaired) electrons. The molecule has 0 bridgehead atoms. The van der Waals surface area contributed by atoms with Crippen molar-refractivity contribution < 1.29 is 28.9 Å². The highest BCUT2D eigenvalue weighted by Gasteiger charge is 2.47. The molecule has 2 atom stereocenters. The number of carbonyl (C=O) groups is 2. The van der Waals surface area contributed by atoms with Gasteiger partial charge < -0.3 is 29.1 Å². The summed E-state index contributed by atoms with van der Waals surface area (Å²) >= 11 is 0. The first-order chi connectivity index (χ1) is 16.3. The predicted molar refractivity (Wildman–Crippen MR) is 127 cm³/mol. The highest BCUT2D eigenvalue weighted by atomic mass is 16.5. The molecule has 4 rings (SSSR count). The Labute approximate surface area is 199 Å². The molecule has 1 fully saturated rings. The van der Waals surface area contributed by atoms with Crippen LogP contribution in [0.15, 0.2) is 42.0 Å². The minimum atomic E-state index is -0.826. The first-order valence-electron chi connectivity index (χ1n) is 11.2. The molecule has 2 heterocycles. The molecule has 0 aromatic heterocycles. The average Bonchev–Trinajstić information content (AvgIpc) is 3.31. The zero-order valence-electron chi connectivity index (χ0n) is 20.1. The molecule has 2 aliphatic rings. The van der Waals surface area contributed by atoms with Crippen LogP contribution < -0.4 is 14.2 Å². The summed E-state index contributed by atoms with van der Waals surface area (Å²) in [5.41, 5.74) is 2.02. The summed E-state index contributed by atoms with van der Waals surface area (Å²) in [7, 11) is 6.82. The number of benzene rings is 2. The fourth-order valence-corrected chi connectivity index (χ4v) is 4.59. The van der Waals surface area contributed by atoms with Crippen molar-refractivity contribution in [1.29, 1.82) is 0 Å². The molecule has 8 nitrogen and oxygen atoms in total. The van der Waals surface area contributed by atoms with Gasteiger partial charge in [0.2, 0.25) is 0 Å². The van der Waals surface area contributed by atoms with Crippen LogP contribution in [0.1, 0.15) is 29.7 Å². The second kappa shape index (κ2) is 9.38. The van der Waals surface area contributed by atoms with Crippen molar-refractivity contribution >= 4 is 17.4 Å². The van der Waals surface area contributed by atoms with E-state index in [9.17, 15) is 14.7 Å². The maximum Gasteiger partial charge on any atom is 0.295 e. The van der Waals surface area contributed by atoms with Gasteiger partial charge in [0.25, 0.3) is 11.7 Å². The van der Waals surface area contributed by atoms with E-state index in [4.69, 9.17) is 14.2 Å². The Balaban J connectivity index is 1.89. The smallest absolute Gasteiger partial charge is 0.295 e. The van der Waals surface area contributed by atoms with Crippen LogP contribution >= 0.6 is 0 Å². The molecular weight excluding hydrogens is 436 g/mol. The van der Waals surface area contributed by atoms with Gasteiger partial charge in [0.05, 0.1) is 25.8 Å². The summed E-state index contributed by atoms with van der Waals surface area (Å²) in [5.74, 6) is 0.0489. The number of likely N-dealkylation sites (N-methyl/N-ethyl adjacent to an activating group) is 1. The van der Waals surface area contributed by atoms with Gasteiger partial charge in [0, 0.05) is 30.6 Å². The summed E-state index contributed by atoms with van der Waals surface area (Å²) in [6.45, 7) is 2.82. The second-order valence-corrected chi connectivity index (χ2v) is 8.83. The van der Waals surface area contributed by atoms with Crippen LogP contribution in [-0.2, 0) is 16.0 Å². The van der Waals surface area contributed by atoms with Crippen molar-refractivity contribution in [3.63, 3.8) is 0 Å². The van der Waals surface area contributed by atoms with Gasteiger partial charge in [0.1, 0.15) is 17.6 Å². The number of Topliss-reactive ketones (excluding diaryl/α,β-unsaturated/α-hetero) is 1. The van der Waals surface area contributed by atoms with Gasteiger partial charge in [0.15, 0.2) is 11.5 Å². The Morgan fingerprint density at radius 3 is 2.62 bits per heavy atom. The monoisotopic (exact) mass is 466 g/mol. The summed E-state index contributed by atoms with van der Waals surface area (Å²) in [6, 6.07) is 9.80. The van der Waals surface area contributed by atoms with E-state index in [0.717, 1.165) is 11.3 Å². The maximum atomic E-state index is 13.3. The second-order valence-electron chi connectivity index (χ2n) is 8.83. The Kier molecular flexibility index (Phi) is 6.52. The normalized spacial score (nSPS) is 21.1. The number of ketones is 1. The summed E-state index contributed by atoms with van der Waals surface area (Å²) < 4.78 is 16.8. The van der Waals surface area contributed by atoms with Crippen molar-refractivity contribution in [2.24, 2.45) is 0 Å². The van der Waals surface area contributed by atoms with E-state index in [2.05, 4.69) is 0 Å². The number of hydrogen-bond donors (Lipinski definition) is 1. The molecule has 1 N–H and O–H groups in total. The SMILES string of the molecule is COc1cccc(C2/C(=C(\O)c3ccc4c(c3)CC(C)O4)C(=O)C(=O)N2CCN(C)C)c1OC. The van der Waals surface area contributed by atoms with Gasteiger partial charge in [-0.05, 0) is 50.8 Å². The molecule has 1 amide bonds. The third-order valence-electron chi connectivity index (χ3n) is 6.23. The van der Waals surface area contributed by atoms with Crippen molar-refractivity contribution in [3.8, 4) is 17.2 Å². The third kappa shape index (κ3) is 4.09. The van der Waals surface area contributed by atoms with Crippen LogP contribution in [0.3, 0.4) is 0 Å². The Hall–Kier alpha value is -3.52. The highest BCUT2D eigenvalue weighted by molar-refractivity contribution is 6.46. The summed E-state index contributed by atoms with van der Waals surface area (Å²) in [4.78, 5) is 29.9. The number of para-hydroxylation sites is 1. The molecule has 0 spiro atoms. The first kappa shape index (κ1) is 23.6. The molecule has 1 saturated heterocycles. The van der Waals surface area contributed by atoms with E-state index in [-0.39, 0.29) is 17.4 Å². The largest absolute Gasteiger partial charge is 0.507 e. The van der Waals surface area contributed by atoms with E-state index in [0.29, 0.717) is 42.1 Å². The molecule has 0 aliphatic carbocycles. The fraction of sp³-hybridized carbons (Fsp3) is 0.385. The fourth-order valence-electron chi connectivity index (χ4n) is 4.59. The number of likely N-dealkylation sites (tertiary alicyclic amines) is 1. The van der Waals surface area contributed by atoms with Crippen molar-refractivity contribution in [2.45, 2.75) is 25.5 Å². The zero-order chi connectivity index (χ0) is 24.6. The van der Waals surface area contributed by atoms with E-state index >= 15 is 0 Å². The number of carbonyl (C=O) groups excluding carboxylic acids is 2. The average molecular weight is 467 g/mol. The first-order valence-corrected chi connectivity index (χ1v) is 11.2. The topological polar surface area (TPSA) is 88.5 Å². The number of rotatable bonds is 7. The number of nitrogens with zero attached hydrogens (tertiary/aromatic N) is 2. The summed E-state index contributed by atoms with van der Waals surface area (Å²) in [5, 5.41) is 11.4. The van der Waals surface area contributed by atoms with Crippen LogP contribution in [0.2, 0.25) is 0 Å². The lowest BCUT2D eigenvalue weighted by Gasteiger charge is -2.28. The summed E-state index contributed by atoms with van der Waals surface area (Å²) in [6.07, 6.45) is 0.755. The van der Waals surface area contributed by atoms with Crippen LogP contribution in [0, 0.1) is 0 Å². The van der Waals surface area contributed by atoms with E-state index < -0.39 is 17.7 Å². The quantitative estimate of drug-likeness (QED) is 0.381. The standard InChI is InChI=1S/C26H30N2O6/c1-15-13-17-14-16(9-10-19(17)34-15)23(29)21-22(18-7-6-8-20(32-4)25(18)33-5)28(12-11-27(2)3)26(31)24(21)30/h6-10,14-15,22,29H,11-13H2,1-5H3/b23-21+. The van der Waals surface area contributed by atoms with Gasteiger partial charge in [-0.2, -0.15) is 0 Å². The van der Waals surface area contributed by atoms with E-state index in [1.54, 1.807) is 30.3 Å². The number of hydrogen-bond acceptors (Lipinski definition) is 7. The molecule has 2 unspecified atom stereocenters. The van der Waals surface area contributed by atoms with E-state index in [1.807, 2.05) is 32.0 Å². The molecule has 180 valence electrons. The van der Waals surface area contributed by atoms with Gasteiger partial charge >= 0.3 is 0 Å².